The number of nitrogens with two attached hydrogens (primary N) is 1. The molecule has 2 N–H and O–H groups in total. The Morgan fingerprint density at radius 3 is 2.18 bits per heavy atom. The van der Waals surface area contributed by atoms with Crippen molar-refractivity contribution < 1.29 is 22.0 Å². The molecule has 2 rings (SSSR count). The number of hydrogen-bond donors (Lipinski definition) is 1. The van der Waals surface area contributed by atoms with E-state index in [0.29, 0.717) is 12.0 Å². The van der Waals surface area contributed by atoms with Gasteiger partial charge in [-0.3, -0.25) is 0 Å². The molecule has 0 spiro atoms. The summed E-state index contributed by atoms with van der Waals surface area (Å²) in [6.07, 6.45) is -4.95. The van der Waals surface area contributed by atoms with Gasteiger partial charge in [-0.2, -0.15) is 22.0 Å². The molecule has 0 bridgehead atoms. The quantitative estimate of drug-likeness (QED) is 0.803. The van der Waals surface area contributed by atoms with E-state index in [1.54, 1.807) is 0 Å². The molecule has 0 heterocycles. The maximum Gasteiger partial charge on any atom is 0.458 e. The number of halogens is 5. The minimum atomic E-state index is -5.57. The molecule has 1 aromatic rings. The smallest absolute Gasteiger partial charge is 0.327 e. The SMILES string of the molecule is N[C@@H]1C[C@H]1c1cccc(C(F)(F)C(F)(F)F)c1. The number of benzene rings is 1. The normalized spacial score (nSPS) is 24.8. The highest BCUT2D eigenvalue weighted by molar-refractivity contribution is 5.34. The topological polar surface area (TPSA) is 26.0 Å². The van der Waals surface area contributed by atoms with Crippen LogP contribution in [-0.2, 0) is 5.92 Å². The summed E-state index contributed by atoms with van der Waals surface area (Å²) in [4.78, 5) is 0. The van der Waals surface area contributed by atoms with Crippen LogP contribution in [0.3, 0.4) is 0 Å². The monoisotopic (exact) mass is 251 g/mol. The standard InChI is InChI=1S/C11H10F5N/c12-10(13,11(14,15)16)7-3-1-2-6(4-7)8-5-9(8)17/h1-4,8-9H,5,17H2/t8-,9+/m0/s1. The van der Waals surface area contributed by atoms with E-state index in [0.717, 1.165) is 12.1 Å². The van der Waals surface area contributed by atoms with Gasteiger partial charge in [0.1, 0.15) is 0 Å². The molecular weight excluding hydrogens is 241 g/mol. The first-order chi connectivity index (χ1) is 7.73. The minimum absolute atomic E-state index is 0.0982. The van der Waals surface area contributed by atoms with Crippen molar-refractivity contribution in [3.05, 3.63) is 35.4 Å². The molecule has 0 aromatic heterocycles. The first-order valence-electron chi connectivity index (χ1n) is 5.04. The summed E-state index contributed by atoms with van der Waals surface area (Å²) in [5.41, 5.74) is 4.95. The maximum atomic E-state index is 13.1. The Balaban J connectivity index is 2.33. The molecule has 0 saturated heterocycles. The average molecular weight is 251 g/mol. The molecule has 1 aliphatic carbocycles. The van der Waals surface area contributed by atoms with Crippen molar-refractivity contribution in [1.82, 2.24) is 0 Å². The Kier molecular flexibility index (Phi) is 2.65. The summed E-state index contributed by atoms with van der Waals surface area (Å²) in [6.45, 7) is 0. The Bertz CT molecular complexity index is 426. The van der Waals surface area contributed by atoms with Gasteiger partial charge in [-0.25, -0.2) is 0 Å². The largest absolute Gasteiger partial charge is 0.458 e. The lowest BCUT2D eigenvalue weighted by molar-refractivity contribution is -0.289. The second kappa shape index (κ2) is 3.66. The van der Waals surface area contributed by atoms with Crippen LogP contribution >= 0.6 is 0 Å². The van der Waals surface area contributed by atoms with Crippen LogP contribution in [0.2, 0.25) is 0 Å². The molecule has 0 radical (unpaired) electrons. The molecular formula is C11H10F5N. The van der Waals surface area contributed by atoms with Gasteiger partial charge in [-0.1, -0.05) is 18.2 Å². The number of hydrogen-bond acceptors (Lipinski definition) is 1. The van der Waals surface area contributed by atoms with Crippen LogP contribution in [0.1, 0.15) is 23.5 Å². The molecule has 1 aromatic carbocycles. The van der Waals surface area contributed by atoms with E-state index in [2.05, 4.69) is 0 Å². The van der Waals surface area contributed by atoms with E-state index in [4.69, 9.17) is 5.73 Å². The van der Waals surface area contributed by atoms with Gasteiger partial charge in [0, 0.05) is 17.5 Å². The molecule has 1 saturated carbocycles. The molecule has 1 aliphatic rings. The molecule has 0 unspecified atom stereocenters. The van der Waals surface area contributed by atoms with Crippen molar-refractivity contribution in [1.29, 1.82) is 0 Å². The fourth-order valence-corrected chi connectivity index (χ4v) is 1.73. The molecule has 0 amide bonds. The Hall–Kier alpha value is -1.17. The third-order valence-electron chi connectivity index (χ3n) is 2.87. The van der Waals surface area contributed by atoms with Crippen LogP contribution in [0, 0.1) is 0 Å². The summed E-state index contributed by atoms with van der Waals surface area (Å²) in [5, 5.41) is 0. The van der Waals surface area contributed by atoms with E-state index in [9.17, 15) is 22.0 Å². The van der Waals surface area contributed by atoms with E-state index in [1.807, 2.05) is 0 Å². The molecule has 0 aliphatic heterocycles. The first kappa shape index (κ1) is 12.3. The third kappa shape index (κ3) is 2.13. The zero-order valence-corrected chi connectivity index (χ0v) is 8.64. The lowest BCUT2D eigenvalue weighted by Gasteiger charge is -2.20. The molecule has 94 valence electrons. The third-order valence-corrected chi connectivity index (χ3v) is 2.87. The second-order valence-corrected chi connectivity index (χ2v) is 4.20. The van der Waals surface area contributed by atoms with Gasteiger partial charge in [-0.15, -0.1) is 0 Å². The summed E-state index contributed by atoms with van der Waals surface area (Å²) in [5.74, 6) is -4.92. The van der Waals surface area contributed by atoms with Crippen molar-refractivity contribution >= 4 is 0 Å². The maximum absolute atomic E-state index is 13.1. The van der Waals surface area contributed by atoms with Crippen LogP contribution < -0.4 is 5.73 Å². The summed E-state index contributed by atoms with van der Waals surface area (Å²) in [6, 6.07) is 4.27. The minimum Gasteiger partial charge on any atom is -0.327 e. The lowest BCUT2D eigenvalue weighted by Crippen LogP contribution is -2.33. The van der Waals surface area contributed by atoms with Crippen LogP contribution in [-0.4, -0.2) is 12.2 Å². The highest BCUT2D eigenvalue weighted by Gasteiger charge is 2.58. The summed E-state index contributed by atoms with van der Waals surface area (Å²) < 4.78 is 62.6. The molecule has 1 fully saturated rings. The van der Waals surface area contributed by atoms with Gasteiger partial charge in [0.15, 0.2) is 0 Å². The lowest BCUT2D eigenvalue weighted by atomic mass is 10.0. The predicted molar refractivity (Wildman–Crippen MR) is 51.7 cm³/mol. The second-order valence-electron chi connectivity index (χ2n) is 4.20. The van der Waals surface area contributed by atoms with Crippen molar-refractivity contribution in [2.45, 2.75) is 30.5 Å². The Morgan fingerprint density at radius 2 is 1.71 bits per heavy atom. The fraction of sp³-hybridized carbons (Fsp3) is 0.455. The number of rotatable bonds is 2. The van der Waals surface area contributed by atoms with Crippen molar-refractivity contribution in [2.75, 3.05) is 0 Å². The fourth-order valence-electron chi connectivity index (χ4n) is 1.73. The van der Waals surface area contributed by atoms with Crippen molar-refractivity contribution in [3.63, 3.8) is 0 Å². The van der Waals surface area contributed by atoms with Crippen LogP contribution in [0.25, 0.3) is 0 Å². The first-order valence-corrected chi connectivity index (χ1v) is 5.04. The van der Waals surface area contributed by atoms with Gasteiger partial charge in [0.25, 0.3) is 0 Å². The van der Waals surface area contributed by atoms with Crippen LogP contribution in [0.15, 0.2) is 24.3 Å². The van der Waals surface area contributed by atoms with E-state index in [-0.39, 0.29) is 12.0 Å². The van der Waals surface area contributed by atoms with Gasteiger partial charge < -0.3 is 5.73 Å². The highest BCUT2D eigenvalue weighted by atomic mass is 19.4. The van der Waals surface area contributed by atoms with Crippen molar-refractivity contribution in [2.24, 2.45) is 5.73 Å². The molecule has 17 heavy (non-hydrogen) atoms. The molecule has 2 atom stereocenters. The average Bonchev–Trinajstić information content (AvgIpc) is 2.94. The summed E-state index contributed by atoms with van der Waals surface area (Å²) in [7, 11) is 0. The predicted octanol–water partition coefficient (Wildman–Crippen LogP) is 3.16. The van der Waals surface area contributed by atoms with E-state index >= 15 is 0 Å². The van der Waals surface area contributed by atoms with E-state index in [1.165, 1.54) is 12.1 Å². The zero-order chi connectivity index (χ0) is 12.8. The van der Waals surface area contributed by atoms with Crippen LogP contribution in [0.5, 0.6) is 0 Å². The highest BCUT2D eigenvalue weighted by Crippen LogP contribution is 2.46. The number of alkyl halides is 5. The summed E-state index contributed by atoms with van der Waals surface area (Å²) >= 11 is 0. The van der Waals surface area contributed by atoms with Gasteiger partial charge >= 0.3 is 12.1 Å². The van der Waals surface area contributed by atoms with Gasteiger partial charge in [-0.05, 0) is 18.1 Å². The molecule has 6 heteroatoms. The van der Waals surface area contributed by atoms with Crippen molar-refractivity contribution in [3.8, 4) is 0 Å². The van der Waals surface area contributed by atoms with Gasteiger partial charge in [0.05, 0.1) is 0 Å². The van der Waals surface area contributed by atoms with Crippen LogP contribution in [0.4, 0.5) is 22.0 Å². The Morgan fingerprint density at radius 1 is 1.12 bits per heavy atom. The zero-order valence-electron chi connectivity index (χ0n) is 8.64. The molecule has 1 nitrogen and oxygen atoms in total. The Labute approximate surface area is 94.4 Å². The van der Waals surface area contributed by atoms with E-state index < -0.39 is 17.7 Å². The van der Waals surface area contributed by atoms with Gasteiger partial charge in [0.2, 0.25) is 0 Å².